The van der Waals surface area contributed by atoms with Gasteiger partial charge in [-0.1, -0.05) is 19.3 Å². The second kappa shape index (κ2) is 10.6. The van der Waals surface area contributed by atoms with Crippen molar-refractivity contribution in [2.24, 2.45) is 0 Å². The predicted molar refractivity (Wildman–Crippen MR) is 109 cm³/mol. The highest BCUT2D eigenvalue weighted by Gasteiger charge is 2.38. The molecule has 2 aliphatic rings. The van der Waals surface area contributed by atoms with Crippen LogP contribution in [0, 0.1) is 0 Å². The quantitative estimate of drug-likeness (QED) is 0.671. The number of morpholine rings is 1. The number of rotatable bonds is 8. The van der Waals surface area contributed by atoms with E-state index >= 15 is 0 Å². The molecular formula is C22H32N2O5. The van der Waals surface area contributed by atoms with E-state index in [1.165, 1.54) is 19.3 Å². The first-order valence-corrected chi connectivity index (χ1v) is 10.6. The summed E-state index contributed by atoms with van der Waals surface area (Å²) in [4.78, 5) is 27.0. The Morgan fingerprint density at radius 3 is 2.45 bits per heavy atom. The van der Waals surface area contributed by atoms with Crippen molar-refractivity contribution in [3.05, 3.63) is 29.8 Å². The van der Waals surface area contributed by atoms with E-state index in [1.54, 1.807) is 24.3 Å². The topological polar surface area (TPSA) is 77.1 Å². The molecule has 0 bridgehead atoms. The van der Waals surface area contributed by atoms with Crippen molar-refractivity contribution in [3.8, 4) is 5.75 Å². The van der Waals surface area contributed by atoms with Crippen LogP contribution in [0.3, 0.4) is 0 Å². The Labute approximate surface area is 172 Å². The molecule has 1 aromatic rings. The number of carbonyl (C=O) groups is 2. The van der Waals surface area contributed by atoms with Gasteiger partial charge in [0.25, 0.3) is 5.91 Å². The molecule has 7 heteroatoms. The van der Waals surface area contributed by atoms with Gasteiger partial charge in [-0.25, -0.2) is 4.79 Å². The third kappa shape index (κ3) is 5.93. The zero-order chi connectivity index (χ0) is 20.5. The summed E-state index contributed by atoms with van der Waals surface area (Å²) in [7, 11) is 0. The summed E-state index contributed by atoms with van der Waals surface area (Å²) in [6.07, 6.45) is 5.78. The van der Waals surface area contributed by atoms with E-state index in [9.17, 15) is 9.59 Å². The van der Waals surface area contributed by atoms with Gasteiger partial charge in [0.2, 0.25) is 0 Å². The van der Waals surface area contributed by atoms with Gasteiger partial charge in [0.05, 0.1) is 25.4 Å². The van der Waals surface area contributed by atoms with Crippen LogP contribution in [0.25, 0.3) is 0 Å². The molecule has 1 aromatic carbocycles. The summed E-state index contributed by atoms with van der Waals surface area (Å²) < 4.78 is 16.0. The van der Waals surface area contributed by atoms with E-state index in [0.29, 0.717) is 24.5 Å². The highest BCUT2D eigenvalue weighted by Crippen LogP contribution is 2.33. The second-order valence-corrected chi connectivity index (χ2v) is 7.69. The fourth-order valence-corrected chi connectivity index (χ4v) is 4.23. The van der Waals surface area contributed by atoms with Crippen LogP contribution in [0.5, 0.6) is 5.75 Å². The number of amides is 1. The fourth-order valence-electron chi connectivity index (χ4n) is 4.23. The summed E-state index contributed by atoms with van der Waals surface area (Å²) in [5.41, 5.74) is 0.398. The van der Waals surface area contributed by atoms with Gasteiger partial charge in [0, 0.05) is 25.2 Å². The smallest absolute Gasteiger partial charge is 0.338 e. The maximum atomic E-state index is 12.3. The van der Waals surface area contributed by atoms with Crippen molar-refractivity contribution < 1.29 is 23.8 Å². The van der Waals surface area contributed by atoms with Crippen LogP contribution in [0.1, 0.15) is 49.4 Å². The molecule has 2 fully saturated rings. The monoisotopic (exact) mass is 404 g/mol. The van der Waals surface area contributed by atoms with Crippen molar-refractivity contribution in [2.75, 3.05) is 46.1 Å². The molecule has 160 valence electrons. The number of hydrogen-bond acceptors (Lipinski definition) is 6. The van der Waals surface area contributed by atoms with Crippen LogP contribution in [0.15, 0.2) is 24.3 Å². The number of ether oxygens (including phenoxy) is 3. The Hall–Kier alpha value is -2.12. The van der Waals surface area contributed by atoms with Crippen molar-refractivity contribution in [2.45, 2.75) is 44.6 Å². The van der Waals surface area contributed by atoms with E-state index in [1.807, 2.05) is 6.92 Å². The molecule has 7 nitrogen and oxygen atoms in total. The van der Waals surface area contributed by atoms with Gasteiger partial charge in [-0.2, -0.15) is 0 Å². The molecule has 0 atom stereocenters. The van der Waals surface area contributed by atoms with Crippen LogP contribution in [-0.2, 0) is 14.3 Å². The van der Waals surface area contributed by atoms with Gasteiger partial charge in [0.15, 0.2) is 6.61 Å². The molecule has 29 heavy (non-hydrogen) atoms. The molecule has 1 saturated heterocycles. The van der Waals surface area contributed by atoms with E-state index in [-0.39, 0.29) is 18.1 Å². The number of hydrogen-bond donors (Lipinski definition) is 1. The maximum absolute atomic E-state index is 12.3. The lowest BCUT2D eigenvalue weighted by Crippen LogP contribution is -2.59. The van der Waals surface area contributed by atoms with E-state index in [2.05, 4.69) is 10.2 Å². The van der Waals surface area contributed by atoms with Crippen molar-refractivity contribution in [3.63, 3.8) is 0 Å². The number of carbonyl (C=O) groups excluding carboxylic acids is 2. The maximum Gasteiger partial charge on any atom is 0.338 e. The standard InChI is InChI=1S/C22H32N2O5/c1-2-28-19-8-6-18(7-9-19)21(26)29-16-20(25)23-17-22(10-4-3-5-11-22)24-12-14-27-15-13-24/h6-9H,2-5,10-17H2,1H3,(H,23,25). The first-order valence-electron chi connectivity index (χ1n) is 10.6. The zero-order valence-corrected chi connectivity index (χ0v) is 17.3. The summed E-state index contributed by atoms with van der Waals surface area (Å²) in [5, 5.41) is 3.00. The van der Waals surface area contributed by atoms with Crippen molar-refractivity contribution >= 4 is 11.9 Å². The molecule has 1 saturated carbocycles. The van der Waals surface area contributed by atoms with E-state index < -0.39 is 5.97 Å². The molecule has 1 aliphatic heterocycles. The molecular weight excluding hydrogens is 372 g/mol. The molecule has 1 heterocycles. The predicted octanol–water partition coefficient (Wildman–Crippen LogP) is 2.39. The Kier molecular flexibility index (Phi) is 7.89. The Morgan fingerprint density at radius 1 is 1.10 bits per heavy atom. The van der Waals surface area contributed by atoms with Gasteiger partial charge < -0.3 is 19.5 Å². The molecule has 1 amide bonds. The summed E-state index contributed by atoms with van der Waals surface area (Å²) >= 11 is 0. The Bertz CT molecular complexity index is 664. The second-order valence-electron chi connectivity index (χ2n) is 7.69. The first-order chi connectivity index (χ1) is 14.1. The van der Waals surface area contributed by atoms with Gasteiger partial charge in [-0.05, 0) is 44.0 Å². The Morgan fingerprint density at radius 2 is 1.79 bits per heavy atom. The van der Waals surface area contributed by atoms with Crippen molar-refractivity contribution in [1.82, 2.24) is 10.2 Å². The van der Waals surface area contributed by atoms with Gasteiger partial charge >= 0.3 is 5.97 Å². The van der Waals surface area contributed by atoms with Gasteiger partial charge in [-0.15, -0.1) is 0 Å². The lowest BCUT2D eigenvalue weighted by atomic mass is 9.79. The van der Waals surface area contributed by atoms with Crippen molar-refractivity contribution in [1.29, 1.82) is 0 Å². The lowest BCUT2D eigenvalue weighted by molar-refractivity contribution is -0.125. The molecule has 0 aromatic heterocycles. The number of esters is 1. The van der Waals surface area contributed by atoms with Gasteiger partial charge in [-0.3, -0.25) is 9.69 Å². The highest BCUT2D eigenvalue weighted by molar-refractivity contribution is 5.91. The SMILES string of the molecule is CCOc1ccc(C(=O)OCC(=O)NCC2(N3CCOCC3)CCCCC2)cc1. The third-order valence-electron chi connectivity index (χ3n) is 5.82. The summed E-state index contributed by atoms with van der Waals surface area (Å²) in [6.45, 7) is 6.08. The van der Waals surface area contributed by atoms with Crippen LogP contribution in [0.2, 0.25) is 0 Å². The van der Waals surface area contributed by atoms with Crippen LogP contribution < -0.4 is 10.1 Å². The third-order valence-corrected chi connectivity index (χ3v) is 5.82. The number of benzene rings is 1. The largest absolute Gasteiger partial charge is 0.494 e. The number of nitrogens with zero attached hydrogens (tertiary/aromatic N) is 1. The first kappa shape index (κ1) is 21.6. The van der Waals surface area contributed by atoms with Crippen LogP contribution >= 0.6 is 0 Å². The average Bonchev–Trinajstić information content (AvgIpc) is 2.78. The molecule has 3 rings (SSSR count). The molecule has 1 N–H and O–H groups in total. The molecule has 0 radical (unpaired) electrons. The Balaban J connectivity index is 1.48. The lowest BCUT2D eigenvalue weighted by Gasteiger charge is -2.48. The minimum Gasteiger partial charge on any atom is -0.494 e. The van der Waals surface area contributed by atoms with Gasteiger partial charge in [0.1, 0.15) is 5.75 Å². The average molecular weight is 405 g/mol. The van der Waals surface area contributed by atoms with Crippen LogP contribution in [-0.4, -0.2) is 68.4 Å². The van der Waals surface area contributed by atoms with E-state index in [0.717, 1.165) is 39.1 Å². The highest BCUT2D eigenvalue weighted by atomic mass is 16.5. The number of nitrogens with one attached hydrogen (secondary N) is 1. The molecule has 0 unspecified atom stereocenters. The minimum absolute atomic E-state index is 0.00317. The fraction of sp³-hybridized carbons (Fsp3) is 0.636. The minimum atomic E-state index is -0.510. The van der Waals surface area contributed by atoms with E-state index in [4.69, 9.17) is 14.2 Å². The molecule has 0 spiro atoms. The summed E-state index contributed by atoms with van der Waals surface area (Å²) in [5.74, 6) is -0.0751. The zero-order valence-electron chi connectivity index (χ0n) is 17.3. The van der Waals surface area contributed by atoms with Crippen LogP contribution in [0.4, 0.5) is 0 Å². The normalized spacial score (nSPS) is 19.3. The molecule has 1 aliphatic carbocycles. The summed E-state index contributed by atoms with van der Waals surface area (Å²) in [6, 6.07) is 6.71.